The second-order valence-corrected chi connectivity index (χ2v) is 8.96. The number of hydrogen-bond acceptors (Lipinski definition) is 5. The number of carbonyl (C=O) groups excluding carboxylic acids is 3. The number of nitrogens with one attached hydrogen (secondary N) is 2. The first-order valence-corrected chi connectivity index (χ1v) is 11.8. The number of rotatable bonds is 9. The summed E-state index contributed by atoms with van der Waals surface area (Å²) in [5.74, 6) is -0.455. The molecular formula is C24H31N3O4S. The van der Waals surface area contributed by atoms with E-state index in [1.54, 1.807) is 13.2 Å². The zero-order chi connectivity index (χ0) is 22.9. The molecule has 1 aromatic heterocycles. The average molecular weight is 458 g/mol. The number of amides is 3. The van der Waals surface area contributed by atoms with E-state index in [-0.39, 0.29) is 23.6 Å². The average Bonchev–Trinajstić information content (AvgIpc) is 3.35. The van der Waals surface area contributed by atoms with Crippen molar-refractivity contribution in [3.05, 3.63) is 57.8 Å². The Labute approximate surface area is 193 Å². The summed E-state index contributed by atoms with van der Waals surface area (Å²) in [7, 11) is 1.62. The van der Waals surface area contributed by atoms with Gasteiger partial charge in [0.2, 0.25) is 5.91 Å². The maximum Gasteiger partial charge on any atom is 0.263 e. The van der Waals surface area contributed by atoms with E-state index >= 15 is 0 Å². The van der Waals surface area contributed by atoms with Gasteiger partial charge in [-0.1, -0.05) is 24.3 Å². The molecule has 1 atom stereocenters. The van der Waals surface area contributed by atoms with Crippen molar-refractivity contribution in [2.75, 3.05) is 33.4 Å². The summed E-state index contributed by atoms with van der Waals surface area (Å²) in [6.07, 6.45) is 2.01. The first-order valence-electron chi connectivity index (χ1n) is 11.0. The van der Waals surface area contributed by atoms with E-state index in [0.717, 1.165) is 10.4 Å². The fourth-order valence-electron chi connectivity index (χ4n) is 3.97. The minimum absolute atomic E-state index is 0.0305. The van der Waals surface area contributed by atoms with Crippen LogP contribution >= 0.6 is 11.3 Å². The number of likely N-dealkylation sites (tertiary alicyclic amines) is 1. The van der Waals surface area contributed by atoms with Crippen molar-refractivity contribution >= 4 is 29.1 Å². The van der Waals surface area contributed by atoms with Crippen molar-refractivity contribution in [3.8, 4) is 0 Å². The fourth-order valence-corrected chi connectivity index (χ4v) is 4.66. The van der Waals surface area contributed by atoms with Crippen molar-refractivity contribution < 1.29 is 19.1 Å². The molecule has 0 bridgehead atoms. The molecule has 1 saturated heterocycles. The van der Waals surface area contributed by atoms with Crippen LogP contribution in [0.25, 0.3) is 0 Å². The summed E-state index contributed by atoms with van der Waals surface area (Å²) in [4.78, 5) is 41.2. The molecule has 2 N–H and O–H groups in total. The predicted octanol–water partition coefficient (Wildman–Crippen LogP) is 2.86. The Morgan fingerprint density at radius 2 is 1.91 bits per heavy atom. The number of methoxy groups -OCH3 is 1. The summed E-state index contributed by atoms with van der Waals surface area (Å²) in [6, 6.07) is 10.4. The topological polar surface area (TPSA) is 87.7 Å². The van der Waals surface area contributed by atoms with Crippen LogP contribution in [0, 0.1) is 12.8 Å². The Hall–Kier alpha value is -2.71. The Morgan fingerprint density at radius 1 is 1.16 bits per heavy atom. The molecule has 1 aromatic carbocycles. The number of thiophene rings is 1. The maximum absolute atomic E-state index is 13.0. The minimum Gasteiger partial charge on any atom is -0.385 e. The number of ether oxygens (including phenoxy) is 1. The summed E-state index contributed by atoms with van der Waals surface area (Å²) < 4.78 is 5.04. The normalized spacial score (nSPS) is 15.2. The van der Waals surface area contributed by atoms with E-state index < -0.39 is 6.04 Å². The first-order chi connectivity index (χ1) is 15.5. The highest BCUT2D eigenvalue weighted by Gasteiger charge is 2.34. The Morgan fingerprint density at radius 3 is 2.56 bits per heavy atom. The monoisotopic (exact) mass is 457 g/mol. The highest BCUT2D eigenvalue weighted by atomic mass is 32.1. The summed E-state index contributed by atoms with van der Waals surface area (Å²) in [5, 5.41) is 7.80. The van der Waals surface area contributed by atoms with Gasteiger partial charge in [0.05, 0.1) is 4.88 Å². The second kappa shape index (κ2) is 11.8. The van der Waals surface area contributed by atoms with E-state index in [1.165, 1.54) is 11.3 Å². The van der Waals surface area contributed by atoms with Crippen LogP contribution in [0.5, 0.6) is 0 Å². The number of aryl methyl sites for hydroxylation is 1. The van der Waals surface area contributed by atoms with Crippen LogP contribution in [0.3, 0.4) is 0 Å². The number of benzene rings is 1. The summed E-state index contributed by atoms with van der Waals surface area (Å²) in [6.45, 7) is 4.05. The molecule has 0 radical (unpaired) electrons. The standard InChI is InChI=1S/C24H31N3O4S/c1-17-7-3-4-8-19(17)22(28)26-21(23(29)25-12-6-15-31-2)18-10-13-27(14-11-18)24(30)20-9-5-16-32-20/h3-5,7-9,16,18,21H,6,10-15H2,1-2H3,(H,25,29)(H,26,28). The van der Waals surface area contributed by atoms with Crippen molar-refractivity contribution in [2.24, 2.45) is 5.92 Å². The van der Waals surface area contributed by atoms with Gasteiger partial charge >= 0.3 is 0 Å². The van der Waals surface area contributed by atoms with E-state index in [4.69, 9.17) is 4.74 Å². The van der Waals surface area contributed by atoms with Gasteiger partial charge < -0.3 is 20.3 Å². The highest BCUT2D eigenvalue weighted by Crippen LogP contribution is 2.24. The summed E-state index contributed by atoms with van der Waals surface area (Å²) >= 11 is 1.43. The maximum atomic E-state index is 13.0. The molecule has 2 aromatic rings. The van der Waals surface area contributed by atoms with E-state index in [2.05, 4.69) is 10.6 Å². The van der Waals surface area contributed by atoms with E-state index in [9.17, 15) is 14.4 Å². The summed E-state index contributed by atoms with van der Waals surface area (Å²) in [5.41, 5.74) is 1.43. The lowest BCUT2D eigenvalue weighted by molar-refractivity contribution is -0.124. The third-order valence-electron chi connectivity index (χ3n) is 5.81. The Kier molecular flexibility index (Phi) is 8.81. The lowest BCUT2D eigenvalue weighted by Gasteiger charge is -2.35. The molecule has 1 unspecified atom stereocenters. The van der Waals surface area contributed by atoms with Gasteiger partial charge in [-0.2, -0.15) is 0 Å². The van der Waals surface area contributed by atoms with Crippen LogP contribution in [0.4, 0.5) is 0 Å². The zero-order valence-corrected chi connectivity index (χ0v) is 19.5. The van der Waals surface area contributed by atoms with Gasteiger partial charge in [0.25, 0.3) is 11.8 Å². The van der Waals surface area contributed by atoms with Crippen molar-refractivity contribution in [2.45, 2.75) is 32.2 Å². The molecule has 32 heavy (non-hydrogen) atoms. The molecule has 0 saturated carbocycles. The third-order valence-corrected chi connectivity index (χ3v) is 6.67. The number of nitrogens with zero attached hydrogens (tertiary/aromatic N) is 1. The fraction of sp³-hybridized carbons (Fsp3) is 0.458. The molecule has 1 aliphatic heterocycles. The van der Waals surface area contributed by atoms with Crippen LogP contribution < -0.4 is 10.6 Å². The van der Waals surface area contributed by atoms with Crippen LogP contribution in [0.1, 0.15) is 44.9 Å². The van der Waals surface area contributed by atoms with Gasteiger partial charge in [-0.3, -0.25) is 14.4 Å². The highest BCUT2D eigenvalue weighted by molar-refractivity contribution is 7.12. The molecular weight excluding hydrogens is 426 g/mol. The molecule has 7 nitrogen and oxygen atoms in total. The number of hydrogen-bond donors (Lipinski definition) is 2. The lowest BCUT2D eigenvalue weighted by atomic mass is 9.88. The molecule has 172 valence electrons. The van der Waals surface area contributed by atoms with Crippen LogP contribution in [0.2, 0.25) is 0 Å². The molecule has 0 aliphatic carbocycles. The number of piperidine rings is 1. The van der Waals surface area contributed by atoms with Crippen LogP contribution in [-0.2, 0) is 9.53 Å². The zero-order valence-electron chi connectivity index (χ0n) is 18.6. The smallest absolute Gasteiger partial charge is 0.263 e. The van der Waals surface area contributed by atoms with E-state index in [0.29, 0.717) is 51.1 Å². The van der Waals surface area contributed by atoms with Crippen LogP contribution in [0.15, 0.2) is 41.8 Å². The first kappa shape index (κ1) is 23.9. The molecule has 2 heterocycles. The minimum atomic E-state index is -0.649. The second-order valence-electron chi connectivity index (χ2n) is 8.01. The Bertz CT molecular complexity index is 908. The number of carbonyl (C=O) groups is 3. The van der Waals surface area contributed by atoms with Gasteiger partial charge in [0.1, 0.15) is 6.04 Å². The van der Waals surface area contributed by atoms with Gasteiger partial charge in [0.15, 0.2) is 0 Å². The van der Waals surface area contributed by atoms with E-state index in [1.807, 2.05) is 47.5 Å². The molecule has 8 heteroatoms. The van der Waals surface area contributed by atoms with Crippen molar-refractivity contribution in [1.82, 2.24) is 15.5 Å². The van der Waals surface area contributed by atoms with Crippen molar-refractivity contribution in [3.63, 3.8) is 0 Å². The Balaban J connectivity index is 1.66. The molecule has 1 fully saturated rings. The van der Waals surface area contributed by atoms with Gasteiger partial charge in [-0.15, -0.1) is 11.3 Å². The predicted molar refractivity (Wildman–Crippen MR) is 125 cm³/mol. The SMILES string of the molecule is COCCCNC(=O)C(NC(=O)c1ccccc1C)C1CCN(C(=O)c2cccs2)CC1. The third kappa shape index (κ3) is 6.17. The molecule has 0 spiro atoms. The van der Waals surface area contributed by atoms with Crippen molar-refractivity contribution in [1.29, 1.82) is 0 Å². The molecule has 3 rings (SSSR count). The molecule has 1 aliphatic rings. The van der Waals surface area contributed by atoms with Crippen LogP contribution in [-0.4, -0.2) is 62.0 Å². The quantitative estimate of drug-likeness (QED) is 0.567. The van der Waals surface area contributed by atoms with Gasteiger partial charge in [-0.05, 0) is 55.2 Å². The van der Waals surface area contributed by atoms with Gasteiger partial charge in [-0.25, -0.2) is 0 Å². The lowest BCUT2D eigenvalue weighted by Crippen LogP contribution is -2.54. The van der Waals surface area contributed by atoms with Gasteiger partial charge in [0, 0.05) is 38.9 Å². The molecule has 3 amide bonds. The largest absolute Gasteiger partial charge is 0.385 e.